The molecule has 0 aromatic heterocycles. The van der Waals surface area contributed by atoms with E-state index in [0.717, 1.165) is 11.3 Å². The molecule has 1 aromatic carbocycles. The van der Waals surface area contributed by atoms with Crippen LogP contribution in [0.3, 0.4) is 0 Å². The first-order valence-corrected chi connectivity index (χ1v) is 7.12. The van der Waals surface area contributed by atoms with Crippen LogP contribution in [-0.4, -0.2) is 42.1 Å². The quantitative estimate of drug-likeness (QED) is 0.749. The van der Waals surface area contributed by atoms with E-state index in [1.54, 1.807) is 19.2 Å². The van der Waals surface area contributed by atoms with Crippen molar-refractivity contribution in [1.29, 1.82) is 0 Å². The minimum absolute atomic E-state index is 0.0389. The Hall–Kier alpha value is -1.75. The monoisotopic (exact) mass is 313 g/mol. The zero-order valence-corrected chi connectivity index (χ0v) is 13.0. The standard InChI is InChI=1S/C15H20ClNO4/c1-11-10-12(5-6-13(11)16)21-9-3-4-14(18)17(2)8-7-15(19)20/h5-6,10H,3-4,7-9H2,1-2H3,(H,19,20). The molecule has 0 heterocycles. The Kier molecular flexibility index (Phi) is 7.02. The third-order valence-electron chi connectivity index (χ3n) is 3.02. The van der Waals surface area contributed by atoms with Crippen LogP contribution in [0.2, 0.25) is 5.02 Å². The number of carbonyl (C=O) groups is 2. The molecular weight excluding hydrogens is 294 g/mol. The molecule has 1 amide bonds. The molecule has 0 atom stereocenters. The molecule has 0 unspecified atom stereocenters. The first-order chi connectivity index (χ1) is 9.90. The first kappa shape index (κ1) is 17.3. The van der Waals surface area contributed by atoms with Crippen molar-refractivity contribution < 1.29 is 19.4 Å². The Morgan fingerprint density at radius 3 is 2.67 bits per heavy atom. The lowest BCUT2D eigenvalue weighted by Gasteiger charge is -2.16. The van der Waals surface area contributed by atoms with Gasteiger partial charge in [-0.05, 0) is 37.1 Å². The van der Waals surface area contributed by atoms with E-state index in [1.807, 2.05) is 13.0 Å². The maximum Gasteiger partial charge on any atom is 0.305 e. The van der Waals surface area contributed by atoms with Gasteiger partial charge in [0.15, 0.2) is 0 Å². The number of aryl methyl sites for hydroxylation is 1. The average Bonchev–Trinajstić information content (AvgIpc) is 2.44. The van der Waals surface area contributed by atoms with E-state index >= 15 is 0 Å². The summed E-state index contributed by atoms with van der Waals surface area (Å²) in [5, 5.41) is 9.25. The minimum atomic E-state index is -0.906. The number of carboxylic acids is 1. The number of nitrogens with zero attached hydrogens (tertiary/aromatic N) is 1. The molecular formula is C15H20ClNO4. The predicted molar refractivity (Wildman–Crippen MR) is 80.8 cm³/mol. The average molecular weight is 314 g/mol. The second-order valence-corrected chi connectivity index (χ2v) is 5.23. The summed E-state index contributed by atoms with van der Waals surface area (Å²) < 4.78 is 5.55. The summed E-state index contributed by atoms with van der Waals surface area (Å²) in [5.41, 5.74) is 0.943. The molecule has 0 aliphatic rings. The molecule has 0 bridgehead atoms. The SMILES string of the molecule is Cc1cc(OCCCC(=O)N(C)CCC(=O)O)ccc1Cl. The van der Waals surface area contributed by atoms with Crippen LogP contribution in [0.15, 0.2) is 18.2 Å². The van der Waals surface area contributed by atoms with E-state index in [4.69, 9.17) is 21.4 Å². The summed E-state index contributed by atoms with van der Waals surface area (Å²) in [5.74, 6) is -0.258. The molecule has 1 N–H and O–H groups in total. The normalized spacial score (nSPS) is 10.2. The second kappa shape index (κ2) is 8.52. The molecule has 0 saturated heterocycles. The molecule has 1 aromatic rings. The van der Waals surface area contributed by atoms with Crippen molar-refractivity contribution in [3.8, 4) is 5.75 Å². The molecule has 0 aliphatic heterocycles. The molecule has 0 fully saturated rings. The summed E-state index contributed by atoms with van der Waals surface area (Å²) in [6, 6.07) is 5.41. The number of carboxylic acid groups (broad SMARTS) is 1. The number of benzene rings is 1. The maximum absolute atomic E-state index is 11.7. The molecule has 0 spiro atoms. The van der Waals surface area contributed by atoms with E-state index in [1.165, 1.54) is 4.90 Å². The van der Waals surface area contributed by atoms with Gasteiger partial charge >= 0.3 is 5.97 Å². The van der Waals surface area contributed by atoms with Gasteiger partial charge in [-0.3, -0.25) is 9.59 Å². The highest BCUT2D eigenvalue weighted by Crippen LogP contribution is 2.21. The van der Waals surface area contributed by atoms with Crippen molar-refractivity contribution in [2.24, 2.45) is 0 Å². The van der Waals surface area contributed by atoms with Crippen molar-refractivity contribution in [3.63, 3.8) is 0 Å². The predicted octanol–water partition coefficient (Wildman–Crippen LogP) is 2.74. The fourth-order valence-electron chi connectivity index (χ4n) is 1.70. The molecule has 6 heteroatoms. The lowest BCUT2D eigenvalue weighted by Crippen LogP contribution is -2.29. The van der Waals surface area contributed by atoms with E-state index in [0.29, 0.717) is 24.5 Å². The number of carbonyl (C=O) groups excluding carboxylic acids is 1. The lowest BCUT2D eigenvalue weighted by atomic mass is 10.2. The molecule has 21 heavy (non-hydrogen) atoms. The van der Waals surface area contributed by atoms with Crippen LogP contribution in [0, 0.1) is 6.92 Å². The van der Waals surface area contributed by atoms with E-state index in [-0.39, 0.29) is 18.9 Å². The molecule has 0 radical (unpaired) electrons. The number of aliphatic carboxylic acids is 1. The second-order valence-electron chi connectivity index (χ2n) is 4.82. The highest BCUT2D eigenvalue weighted by Gasteiger charge is 2.10. The van der Waals surface area contributed by atoms with Gasteiger partial charge in [-0.25, -0.2) is 0 Å². The van der Waals surface area contributed by atoms with Crippen molar-refractivity contribution in [1.82, 2.24) is 4.90 Å². The van der Waals surface area contributed by atoms with Crippen LogP contribution in [0.4, 0.5) is 0 Å². The summed E-state index contributed by atoms with van der Waals surface area (Å²) >= 11 is 5.92. The summed E-state index contributed by atoms with van der Waals surface area (Å²) in [6.07, 6.45) is 0.878. The number of hydrogen-bond acceptors (Lipinski definition) is 3. The summed E-state index contributed by atoms with van der Waals surface area (Å²) in [7, 11) is 1.61. The molecule has 5 nitrogen and oxygen atoms in total. The Morgan fingerprint density at radius 2 is 2.05 bits per heavy atom. The van der Waals surface area contributed by atoms with E-state index in [2.05, 4.69) is 0 Å². The molecule has 116 valence electrons. The van der Waals surface area contributed by atoms with E-state index in [9.17, 15) is 9.59 Å². The Labute approximate surface area is 129 Å². The smallest absolute Gasteiger partial charge is 0.305 e. The molecule has 1 rings (SSSR count). The highest BCUT2D eigenvalue weighted by molar-refractivity contribution is 6.31. The third-order valence-corrected chi connectivity index (χ3v) is 3.44. The van der Waals surface area contributed by atoms with Gasteiger partial charge in [-0.1, -0.05) is 11.6 Å². The van der Waals surface area contributed by atoms with Crippen LogP contribution in [-0.2, 0) is 9.59 Å². The fraction of sp³-hybridized carbons (Fsp3) is 0.467. The third kappa shape index (κ3) is 6.49. The van der Waals surface area contributed by atoms with Gasteiger partial charge in [0.25, 0.3) is 0 Å². The first-order valence-electron chi connectivity index (χ1n) is 6.75. The molecule has 0 aliphatic carbocycles. The number of halogens is 1. The fourth-order valence-corrected chi connectivity index (χ4v) is 1.82. The number of rotatable bonds is 8. The van der Waals surface area contributed by atoms with E-state index < -0.39 is 5.97 Å². The van der Waals surface area contributed by atoms with Crippen molar-refractivity contribution in [2.45, 2.75) is 26.2 Å². The van der Waals surface area contributed by atoms with Crippen LogP contribution in [0.1, 0.15) is 24.8 Å². The van der Waals surface area contributed by atoms with Gasteiger partial charge in [-0.15, -0.1) is 0 Å². The van der Waals surface area contributed by atoms with Gasteiger partial charge < -0.3 is 14.7 Å². The van der Waals surface area contributed by atoms with Gasteiger partial charge in [0.2, 0.25) is 5.91 Å². The Morgan fingerprint density at radius 1 is 1.33 bits per heavy atom. The van der Waals surface area contributed by atoms with Crippen LogP contribution >= 0.6 is 11.6 Å². The zero-order valence-electron chi connectivity index (χ0n) is 12.3. The van der Waals surface area contributed by atoms with Crippen LogP contribution < -0.4 is 4.74 Å². The Balaban J connectivity index is 2.25. The van der Waals surface area contributed by atoms with Crippen molar-refractivity contribution in [3.05, 3.63) is 28.8 Å². The number of hydrogen-bond donors (Lipinski definition) is 1. The van der Waals surface area contributed by atoms with Gasteiger partial charge in [0.05, 0.1) is 13.0 Å². The minimum Gasteiger partial charge on any atom is -0.494 e. The summed E-state index contributed by atoms with van der Waals surface area (Å²) in [4.78, 5) is 23.6. The van der Waals surface area contributed by atoms with Gasteiger partial charge in [0.1, 0.15) is 5.75 Å². The van der Waals surface area contributed by atoms with Crippen molar-refractivity contribution >= 4 is 23.5 Å². The number of ether oxygens (including phenoxy) is 1. The van der Waals surface area contributed by atoms with Crippen LogP contribution in [0.5, 0.6) is 5.75 Å². The topological polar surface area (TPSA) is 66.8 Å². The van der Waals surface area contributed by atoms with Gasteiger partial charge in [0, 0.05) is 25.0 Å². The zero-order chi connectivity index (χ0) is 15.8. The largest absolute Gasteiger partial charge is 0.494 e. The van der Waals surface area contributed by atoms with Crippen molar-refractivity contribution in [2.75, 3.05) is 20.2 Å². The van der Waals surface area contributed by atoms with Gasteiger partial charge in [-0.2, -0.15) is 0 Å². The summed E-state index contributed by atoms with van der Waals surface area (Å²) in [6.45, 7) is 2.56. The number of amides is 1. The molecule has 0 saturated carbocycles. The lowest BCUT2D eigenvalue weighted by molar-refractivity contribution is -0.138. The highest BCUT2D eigenvalue weighted by atomic mass is 35.5. The Bertz CT molecular complexity index is 504. The maximum atomic E-state index is 11.7. The van der Waals surface area contributed by atoms with Crippen LogP contribution in [0.25, 0.3) is 0 Å².